The predicted octanol–water partition coefficient (Wildman–Crippen LogP) is 2.94. The fourth-order valence-electron chi connectivity index (χ4n) is 1.74. The van der Waals surface area contributed by atoms with Crippen molar-refractivity contribution in [3.05, 3.63) is 22.2 Å². The summed E-state index contributed by atoms with van der Waals surface area (Å²) in [6, 6.07) is 4.00. The molecule has 0 bridgehead atoms. The van der Waals surface area contributed by atoms with Crippen molar-refractivity contribution < 1.29 is 4.52 Å². The van der Waals surface area contributed by atoms with Crippen LogP contribution in [0.25, 0.3) is 11.4 Å². The highest BCUT2D eigenvalue weighted by Crippen LogP contribution is 2.36. The molecule has 2 aromatic rings. The third-order valence-electron chi connectivity index (χ3n) is 2.90. The second-order valence-electron chi connectivity index (χ2n) is 3.86. The van der Waals surface area contributed by atoms with Crippen LogP contribution in [-0.4, -0.2) is 10.1 Å². The first kappa shape index (κ1) is 9.55. The van der Waals surface area contributed by atoms with E-state index in [1.54, 1.807) is 0 Å². The van der Waals surface area contributed by atoms with Gasteiger partial charge in [0.25, 0.3) is 0 Å². The maximum absolute atomic E-state index is 8.92. The van der Waals surface area contributed by atoms with Gasteiger partial charge >= 0.3 is 0 Å². The van der Waals surface area contributed by atoms with Crippen LogP contribution < -0.4 is 0 Å². The Morgan fingerprint density at radius 3 is 3.06 bits per heavy atom. The van der Waals surface area contributed by atoms with Crippen LogP contribution in [0.2, 0.25) is 0 Å². The third-order valence-corrected chi connectivity index (χ3v) is 3.72. The summed E-state index contributed by atoms with van der Waals surface area (Å²) in [7, 11) is 0. The van der Waals surface area contributed by atoms with Gasteiger partial charge in [0.05, 0.1) is 5.56 Å². The number of nitrogens with zero attached hydrogens (tertiary/aromatic N) is 3. The van der Waals surface area contributed by atoms with Gasteiger partial charge in [-0.25, -0.2) is 0 Å². The summed E-state index contributed by atoms with van der Waals surface area (Å²) in [6.07, 6.45) is 3.51. The number of hydrogen-bond donors (Lipinski definition) is 0. The normalized spacial score (nSPS) is 15.7. The molecule has 0 aromatic carbocycles. The molecule has 0 N–H and O–H groups in total. The van der Waals surface area contributed by atoms with E-state index in [-0.39, 0.29) is 0 Å². The van der Waals surface area contributed by atoms with Crippen molar-refractivity contribution in [3.8, 4) is 17.5 Å². The molecular formula is C11H9N3OS. The molecule has 0 spiro atoms. The van der Waals surface area contributed by atoms with Gasteiger partial charge in [-0.1, -0.05) is 11.6 Å². The summed E-state index contributed by atoms with van der Waals surface area (Å²) in [5.74, 6) is 1.70. The Labute approximate surface area is 96.5 Å². The maximum Gasteiger partial charge on any atom is 0.230 e. The van der Waals surface area contributed by atoms with Gasteiger partial charge in [-0.15, -0.1) is 11.3 Å². The Balaban J connectivity index is 1.95. The smallest absolute Gasteiger partial charge is 0.230 e. The molecule has 16 heavy (non-hydrogen) atoms. The topological polar surface area (TPSA) is 62.7 Å². The van der Waals surface area contributed by atoms with E-state index in [9.17, 15) is 0 Å². The fraction of sp³-hybridized carbons (Fsp3) is 0.364. The molecule has 0 radical (unpaired) electrons. The molecule has 80 valence electrons. The number of thiophene rings is 1. The van der Waals surface area contributed by atoms with Crippen LogP contribution in [0, 0.1) is 11.3 Å². The molecule has 0 amide bonds. The number of aromatic nitrogens is 2. The molecule has 1 aliphatic rings. The van der Waals surface area contributed by atoms with Crippen LogP contribution in [0.5, 0.6) is 0 Å². The van der Waals surface area contributed by atoms with Crippen molar-refractivity contribution in [2.24, 2.45) is 0 Å². The van der Waals surface area contributed by atoms with Crippen molar-refractivity contribution >= 4 is 11.3 Å². The molecule has 1 aliphatic carbocycles. The van der Waals surface area contributed by atoms with Crippen LogP contribution in [0.4, 0.5) is 0 Å². The quantitative estimate of drug-likeness (QED) is 0.797. The molecule has 0 aliphatic heterocycles. The molecule has 0 unspecified atom stereocenters. The zero-order valence-electron chi connectivity index (χ0n) is 8.51. The Hall–Kier alpha value is -1.67. The molecule has 0 atom stereocenters. The molecule has 1 saturated carbocycles. The maximum atomic E-state index is 8.92. The second-order valence-corrected chi connectivity index (χ2v) is 4.78. The van der Waals surface area contributed by atoms with Crippen LogP contribution >= 0.6 is 11.3 Å². The third kappa shape index (κ3) is 1.42. The molecular weight excluding hydrogens is 222 g/mol. The van der Waals surface area contributed by atoms with E-state index >= 15 is 0 Å². The van der Waals surface area contributed by atoms with Crippen molar-refractivity contribution in [2.45, 2.75) is 25.2 Å². The number of nitriles is 1. The van der Waals surface area contributed by atoms with Crippen molar-refractivity contribution in [1.82, 2.24) is 10.1 Å². The van der Waals surface area contributed by atoms with E-state index in [1.165, 1.54) is 17.8 Å². The predicted molar refractivity (Wildman–Crippen MR) is 58.9 cm³/mol. The first-order valence-electron chi connectivity index (χ1n) is 5.20. The van der Waals surface area contributed by atoms with Crippen molar-refractivity contribution in [3.63, 3.8) is 0 Å². The van der Waals surface area contributed by atoms with Gasteiger partial charge < -0.3 is 4.52 Å². The minimum absolute atomic E-state index is 0.436. The SMILES string of the molecule is N#Cc1sccc1-c1noc(C2CCC2)n1. The minimum atomic E-state index is 0.436. The van der Waals surface area contributed by atoms with Crippen LogP contribution in [0.3, 0.4) is 0 Å². The van der Waals surface area contributed by atoms with Gasteiger partial charge in [0.1, 0.15) is 10.9 Å². The van der Waals surface area contributed by atoms with Gasteiger partial charge in [0.2, 0.25) is 11.7 Å². The van der Waals surface area contributed by atoms with Crippen LogP contribution in [0.15, 0.2) is 16.0 Å². The Morgan fingerprint density at radius 2 is 2.38 bits per heavy atom. The summed E-state index contributed by atoms with van der Waals surface area (Å²) in [6.45, 7) is 0. The lowest BCUT2D eigenvalue weighted by atomic mass is 9.85. The first-order chi connectivity index (χ1) is 7.88. The van der Waals surface area contributed by atoms with E-state index in [0.29, 0.717) is 16.6 Å². The van der Waals surface area contributed by atoms with E-state index in [2.05, 4.69) is 16.2 Å². The van der Waals surface area contributed by atoms with E-state index in [1.807, 2.05) is 11.4 Å². The highest BCUT2D eigenvalue weighted by molar-refractivity contribution is 7.11. The van der Waals surface area contributed by atoms with Crippen molar-refractivity contribution in [2.75, 3.05) is 0 Å². The second kappa shape index (κ2) is 3.72. The zero-order valence-corrected chi connectivity index (χ0v) is 9.33. The summed E-state index contributed by atoms with van der Waals surface area (Å²) >= 11 is 1.40. The highest BCUT2D eigenvalue weighted by atomic mass is 32.1. The van der Waals surface area contributed by atoms with Gasteiger partial charge in [0, 0.05) is 5.92 Å². The lowest BCUT2D eigenvalue weighted by Crippen LogP contribution is -2.08. The Bertz CT molecular complexity index is 548. The highest BCUT2D eigenvalue weighted by Gasteiger charge is 2.26. The summed E-state index contributed by atoms with van der Waals surface area (Å²) < 4.78 is 5.23. The number of hydrogen-bond acceptors (Lipinski definition) is 5. The van der Waals surface area contributed by atoms with Crippen LogP contribution in [-0.2, 0) is 0 Å². The van der Waals surface area contributed by atoms with E-state index in [4.69, 9.17) is 9.78 Å². The molecule has 1 fully saturated rings. The lowest BCUT2D eigenvalue weighted by molar-refractivity contribution is 0.292. The zero-order chi connectivity index (χ0) is 11.0. The summed E-state index contributed by atoms with van der Waals surface area (Å²) in [5.41, 5.74) is 0.779. The lowest BCUT2D eigenvalue weighted by Gasteiger charge is -2.20. The summed E-state index contributed by atoms with van der Waals surface area (Å²) in [4.78, 5) is 5.00. The fourth-order valence-corrected chi connectivity index (χ4v) is 2.42. The molecule has 3 rings (SSSR count). The molecule has 5 heteroatoms. The average Bonchev–Trinajstić information content (AvgIpc) is 2.81. The van der Waals surface area contributed by atoms with Gasteiger partial charge in [-0.2, -0.15) is 10.2 Å². The van der Waals surface area contributed by atoms with Gasteiger partial charge in [0.15, 0.2) is 0 Å². The van der Waals surface area contributed by atoms with E-state index in [0.717, 1.165) is 24.3 Å². The molecule has 0 saturated heterocycles. The van der Waals surface area contributed by atoms with Crippen molar-refractivity contribution in [1.29, 1.82) is 5.26 Å². The Kier molecular flexibility index (Phi) is 2.22. The molecule has 2 aromatic heterocycles. The van der Waals surface area contributed by atoms with Gasteiger partial charge in [-0.3, -0.25) is 0 Å². The van der Waals surface area contributed by atoms with Gasteiger partial charge in [-0.05, 0) is 24.3 Å². The summed E-state index contributed by atoms with van der Waals surface area (Å²) in [5, 5.41) is 14.7. The molecule has 4 nitrogen and oxygen atoms in total. The van der Waals surface area contributed by atoms with E-state index < -0.39 is 0 Å². The number of rotatable bonds is 2. The average molecular weight is 231 g/mol. The minimum Gasteiger partial charge on any atom is -0.339 e. The standard InChI is InChI=1S/C11H9N3OS/c12-6-9-8(4-5-16-9)10-13-11(15-14-10)7-2-1-3-7/h4-5,7H,1-3H2. The Morgan fingerprint density at radius 1 is 1.50 bits per heavy atom. The van der Waals surface area contributed by atoms with Crippen LogP contribution in [0.1, 0.15) is 35.9 Å². The monoisotopic (exact) mass is 231 g/mol. The molecule has 2 heterocycles. The largest absolute Gasteiger partial charge is 0.339 e. The first-order valence-corrected chi connectivity index (χ1v) is 6.08.